The van der Waals surface area contributed by atoms with E-state index in [-0.39, 0.29) is 29.3 Å². The molecule has 4 rings (SSSR count). The summed E-state index contributed by atoms with van der Waals surface area (Å²) in [7, 11) is 0. The fraction of sp³-hybridized carbons (Fsp3) is 0.208. The van der Waals surface area contributed by atoms with Crippen LogP contribution in [0.1, 0.15) is 33.8 Å². The first-order valence-electron chi connectivity index (χ1n) is 10.1. The normalized spacial score (nSPS) is 15.7. The van der Waals surface area contributed by atoms with E-state index in [1.54, 1.807) is 67.5 Å². The molecule has 6 nitrogen and oxygen atoms in total. The zero-order valence-corrected chi connectivity index (χ0v) is 18.4. The van der Waals surface area contributed by atoms with Crippen LogP contribution in [0.5, 0.6) is 11.5 Å². The molecule has 1 amide bonds. The summed E-state index contributed by atoms with van der Waals surface area (Å²) in [6.45, 7) is 3.75. The van der Waals surface area contributed by atoms with Gasteiger partial charge in [-0.25, -0.2) is 9.18 Å². The number of rotatable bonds is 6. The molecule has 0 bridgehead atoms. The third kappa shape index (κ3) is 4.31. The maximum atomic E-state index is 13.4. The van der Waals surface area contributed by atoms with Crippen LogP contribution in [-0.2, 0) is 9.53 Å². The van der Waals surface area contributed by atoms with Crippen molar-refractivity contribution in [3.05, 3.63) is 83.4 Å². The number of carbonyl (C=O) groups is 2. The van der Waals surface area contributed by atoms with Crippen LogP contribution < -0.4 is 9.64 Å². The first kappa shape index (κ1) is 21.8. The van der Waals surface area contributed by atoms with Crippen molar-refractivity contribution in [3.63, 3.8) is 0 Å². The van der Waals surface area contributed by atoms with Gasteiger partial charge in [-0.3, -0.25) is 14.7 Å². The Bertz CT molecular complexity index is 1140. The van der Waals surface area contributed by atoms with E-state index in [1.807, 2.05) is 0 Å². The van der Waals surface area contributed by atoms with Crippen LogP contribution in [0.15, 0.2) is 60.9 Å². The van der Waals surface area contributed by atoms with Crippen molar-refractivity contribution in [2.24, 2.45) is 0 Å². The topological polar surface area (TPSA) is 68.7 Å². The quantitative estimate of drug-likeness (QED) is 0.474. The monoisotopic (exact) mass is 452 g/mol. The Morgan fingerprint density at radius 2 is 1.88 bits per heavy atom. The molecule has 0 radical (unpaired) electrons. The number of thioether (sulfide) groups is 1. The minimum atomic E-state index is -0.511. The van der Waals surface area contributed by atoms with Crippen LogP contribution in [0.4, 0.5) is 10.1 Å². The SMILES string of the molecule is CCOC(=O)c1ccc(N2C(=O)CSC2c2ccc(F)cc2)c(C)c1Oc1ccncc1. The Balaban J connectivity index is 1.79. The number of carbonyl (C=O) groups excluding carboxylic acids is 2. The van der Waals surface area contributed by atoms with Gasteiger partial charge in [-0.2, -0.15) is 0 Å². The van der Waals surface area contributed by atoms with Crippen molar-refractivity contribution < 1.29 is 23.5 Å². The maximum Gasteiger partial charge on any atom is 0.341 e. The van der Waals surface area contributed by atoms with Gasteiger partial charge in [0.1, 0.15) is 28.3 Å². The molecule has 1 aliphatic heterocycles. The van der Waals surface area contributed by atoms with E-state index in [2.05, 4.69) is 4.98 Å². The molecule has 1 unspecified atom stereocenters. The Labute approximate surface area is 189 Å². The molecular formula is C24H21FN2O4S. The molecule has 32 heavy (non-hydrogen) atoms. The average Bonchev–Trinajstić information content (AvgIpc) is 3.17. The Kier molecular flexibility index (Phi) is 6.41. The minimum Gasteiger partial charge on any atom is -0.462 e. The van der Waals surface area contributed by atoms with Crippen molar-refractivity contribution in [2.45, 2.75) is 19.2 Å². The van der Waals surface area contributed by atoms with E-state index in [4.69, 9.17) is 9.47 Å². The molecule has 0 aliphatic carbocycles. The number of ether oxygens (including phenoxy) is 2. The molecule has 2 heterocycles. The summed E-state index contributed by atoms with van der Waals surface area (Å²) in [6.07, 6.45) is 3.17. The highest BCUT2D eigenvalue weighted by Crippen LogP contribution is 2.45. The second kappa shape index (κ2) is 9.40. The van der Waals surface area contributed by atoms with Gasteiger partial charge >= 0.3 is 5.97 Å². The van der Waals surface area contributed by atoms with E-state index < -0.39 is 5.97 Å². The molecule has 3 aromatic rings. The molecule has 1 atom stereocenters. The molecule has 1 saturated heterocycles. The lowest BCUT2D eigenvalue weighted by molar-refractivity contribution is -0.115. The molecular weight excluding hydrogens is 431 g/mol. The van der Waals surface area contributed by atoms with Crippen LogP contribution in [0, 0.1) is 12.7 Å². The molecule has 0 spiro atoms. The molecule has 164 valence electrons. The zero-order chi connectivity index (χ0) is 22.7. The first-order chi connectivity index (χ1) is 15.5. The third-order valence-electron chi connectivity index (χ3n) is 5.02. The van der Waals surface area contributed by atoms with Gasteiger partial charge in [0.15, 0.2) is 0 Å². The highest BCUT2D eigenvalue weighted by Gasteiger charge is 2.36. The van der Waals surface area contributed by atoms with Crippen molar-refractivity contribution in [1.82, 2.24) is 4.98 Å². The Hall–Kier alpha value is -3.39. The van der Waals surface area contributed by atoms with Gasteiger partial charge in [-0.15, -0.1) is 11.8 Å². The van der Waals surface area contributed by atoms with Crippen LogP contribution in [0.3, 0.4) is 0 Å². The van der Waals surface area contributed by atoms with Gasteiger partial charge in [0.2, 0.25) is 5.91 Å². The smallest absolute Gasteiger partial charge is 0.341 e. The van der Waals surface area contributed by atoms with Crippen molar-refractivity contribution in [2.75, 3.05) is 17.3 Å². The summed E-state index contributed by atoms with van der Waals surface area (Å²) in [6, 6.07) is 12.8. The fourth-order valence-corrected chi connectivity index (χ4v) is 4.70. The van der Waals surface area contributed by atoms with E-state index >= 15 is 0 Å². The van der Waals surface area contributed by atoms with Gasteiger partial charge in [0.25, 0.3) is 0 Å². The van der Waals surface area contributed by atoms with Gasteiger partial charge in [0, 0.05) is 18.0 Å². The number of hydrogen-bond acceptors (Lipinski definition) is 6. The lowest BCUT2D eigenvalue weighted by Gasteiger charge is -2.27. The van der Waals surface area contributed by atoms with E-state index in [9.17, 15) is 14.0 Å². The summed E-state index contributed by atoms with van der Waals surface area (Å²) in [5, 5.41) is -0.316. The second-order valence-corrected chi connectivity index (χ2v) is 8.14. The molecule has 0 N–H and O–H groups in total. The standard InChI is InChI=1S/C24H21FN2O4S/c1-3-30-24(29)19-8-9-20(15(2)22(19)31-18-10-12-26-13-11-18)27-21(28)14-32-23(27)16-4-6-17(25)7-5-16/h4-13,23H,3,14H2,1-2H3. The highest BCUT2D eigenvalue weighted by atomic mass is 32.2. The summed E-state index contributed by atoms with van der Waals surface area (Å²) >= 11 is 1.46. The lowest BCUT2D eigenvalue weighted by Crippen LogP contribution is -2.28. The average molecular weight is 453 g/mol. The van der Waals surface area contributed by atoms with Crippen LogP contribution in [0.25, 0.3) is 0 Å². The number of anilines is 1. The summed E-state index contributed by atoms with van der Waals surface area (Å²) < 4.78 is 24.7. The summed E-state index contributed by atoms with van der Waals surface area (Å²) in [5.74, 6) is 0.187. The number of benzene rings is 2. The van der Waals surface area contributed by atoms with Crippen LogP contribution >= 0.6 is 11.8 Å². The Morgan fingerprint density at radius 1 is 1.16 bits per heavy atom. The van der Waals surface area contributed by atoms with Crippen LogP contribution in [0.2, 0.25) is 0 Å². The van der Waals surface area contributed by atoms with Gasteiger partial charge in [-0.1, -0.05) is 12.1 Å². The molecule has 8 heteroatoms. The minimum absolute atomic E-state index is 0.0776. The fourth-order valence-electron chi connectivity index (χ4n) is 3.53. The van der Waals surface area contributed by atoms with E-state index in [0.29, 0.717) is 28.5 Å². The van der Waals surface area contributed by atoms with E-state index in [1.165, 1.54) is 23.9 Å². The van der Waals surface area contributed by atoms with Gasteiger partial charge < -0.3 is 9.47 Å². The molecule has 2 aromatic carbocycles. The second-order valence-electron chi connectivity index (χ2n) is 7.07. The number of amides is 1. The third-order valence-corrected chi connectivity index (χ3v) is 6.24. The number of nitrogens with zero attached hydrogens (tertiary/aromatic N) is 2. The predicted octanol–water partition coefficient (Wildman–Crippen LogP) is 5.28. The number of esters is 1. The molecule has 1 aliphatic rings. The number of hydrogen-bond donors (Lipinski definition) is 0. The predicted molar refractivity (Wildman–Crippen MR) is 121 cm³/mol. The summed E-state index contributed by atoms with van der Waals surface area (Å²) in [4.78, 5) is 31.1. The first-order valence-corrected chi connectivity index (χ1v) is 11.1. The van der Waals surface area contributed by atoms with Gasteiger partial charge in [0.05, 0.1) is 18.0 Å². The number of pyridine rings is 1. The van der Waals surface area contributed by atoms with Crippen molar-refractivity contribution in [1.29, 1.82) is 0 Å². The number of aromatic nitrogens is 1. The van der Waals surface area contributed by atoms with E-state index in [0.717, 1.165) is 5.56 Å². The van der Waals surface area contributed by atoms with Crippen LogP contribution in [-0.4, -0.2) is 29.2 Å². The Morgan fingerprint density at radius 3 is 2.56 bits per heavy atom. The largest absolute Gasteiger partial charge is 0.462 e. The highest BCUT2D eigenvalue weighted by molar-refractivity contribution is 8.00. The van der Waals surface area contributed by atoms with Crippen molar-refractivity contribution in [3.8, 4) is 11.5 Å². The maximum absolute atomic E-state index is 13.4. The lowest BCUT2D eigenvalue weighted by atomic mass is 10.1. The molecule has 1 aromatic heterocycles. The number of halogens is 1. The zero-order valence-electron chi connectivity index (χ0n) is 17.6. The van der Waals surface area contributed by atoms with Gasteiger partial charge in [-0.05, 0) is 55.8 Å². The summed E-state index contributed by atoms with van der Waals surface area (Å²) in [5.41, 5.74) is 2.32. The molecule has 0 saturated carbocycles. The van der Waals surface area contributed by atoms with Crippen molar-refractivity contribution >= 4 is 29.3 Å². The molecule has 1 fully saturated rings.